The highest BCUT2D eigenvalue weighted by atomic mass is 35.5. The van der Waals surface area contributed by atoms with E-state index in [1.807, 2.05) is 29.0 Å². The first kappa shape index (κ1) is 16.6. The van der Waals surface area contributed by atoms with E-state index in [0.717, 1.165) is 11.6 Å². The van der Waals surface area contributed by atoms with Crippen LogP contribution < -0.4 is 0 Å². The Bertz CT molecular complexity index is 926. The van der Waals surface area contributed by atoms with Crippen LogP contribution in [-0.4, -0.2) is 29.5 Å². The molecule has 4 nitrogen and oxygen atoms in total. The standard InChI is InChI=1S/C16H18ClNO3S2/c1-16(19,11-22-8-7-13(17)10-22)15-9-12-5-3-4-6-14(12)18(15)23(2,20)21/h3-10,19,22H,11H2,1-2H3. The second-order valence-corrected chi connectivity index (χ2v) is 10.1. The molecule has 0 aliphatic carbocycles. The Morgan fingerprint density at radius 2 is 2.04 bits per heavy atom. The van der Waals surface area contributed by atoms with Crippen LogP contribution >= 0.6 is 22.5 Å². The number of hydrogen-bond acceptors (Lipinski definition) is 3. The Balaban J connectivity index is 2.13. The molecule has 1 aliphatic heterocycles. The second-order valence-electron chi connectivity index (χ2n) is 5.89. The fourth-order valence-corrected chi connectivity index (χ4v) is 6.38. The summed E-state index contributed by atoms with van der Waals surface area (Å²) < 4.78 is 25.8. The molecule has 0 saturated heterocycles. The monoisotopic (exact) mass is 371 g/mol. The number of benzene rings is 1. The molecule has 1 N–H and O–H groups in total. The molecule has 3 rings (SSSR count). The van der Waals surface area contributed by atoms with E-state index in [-0.39, 0.29) is 0 Å². The molecule has 2 unspecified atom stereocenters. The molecule has 0 radical (unpaired) electrons. The van der Waals surface area contributed by atoms with Gasteiger partial charge in [0.2, 0.25) is 10.0 Å². The van der Waals surface area contributed by atoms with E-state index in [2.05, 4.69) is 0 Å². The lowest BCUT2D eigenvalue weighted by Crippen LogP contribution is -2.30. The van der Waals surface area contributed by atoms with E-state index >= 15 is 0 Å². The molecule has 2 atom stereocenters. The Morgan fingerprint density at radius 1 is 1.35 bits per heavy atom. The third-order valence-electron chi connectivity index (χ3n) is 3.75. The molecule has 1 aromatic carbocycles. The van der Waals surface area contributed by atoms with Crippen LogP contribution in [0.15, 0.2) is 52.3 Å². The van der Waals surface area contributed by atoms with Crippen molar-refractivity contribution in [3.05, 3.63) is 58.0 Å². The summed E-state index contributed by atoms with van der Waals surface area (Å²) in [6.07, 6.45) is 2.96. The average Bonchev–Trinajstić information content (AvgIpc) is 3.01. The normalized spacial score (nSPS) is 22.3. The quantitative estimate of drug-likeness (QED) is 0.811. The molecule has 2 heterocycles. The van der Waals surface area contributed by atoms with E-state index in [9.17, 15) is 13.5 Å². The first-order chi connectivity index (χ1) is 10.7. The molecule has 124 valence electrons. The summed E-state index contributed by atoms with van der Waals surface area (Å²) in [4.78, 5) is 0. The Kier molecular flexibility index (Phi) is 4.13. The molecule has 7 heteroatoms. The molecule has 0 spiro atoms. The summed E-state index contributed by atoms with van der Waals surface area (Å²) in [7, 11) is -4.25. The van der Waals surface area contributed by atoms with Crippen molar-refractivity contribution in [2.24, 2.45) is 0 Å². The van der Waals surface area contributed by atoms with Crippen molar-refractivity contribution in [3.63, 3.8) is 0 Å². The largest absolute Gasteiger partial charge is 0.383 e. The third-order valence-corrected chi connectivity index (χ3v) is 7.32. The van der Waals surface area contributed by atoms with E-state index in [1.165, 1.54) is 3.97 Å². The maximum absolute atomic E-state index is 12.3. The van der Waals surface area contributed by atoms with Gasteiger partial charge < -0.3 is 5.11 Å². The number of fused-ring (bicyclic) bond motifs is 1. The molecule has 2 aromatic rings. The van der Waals surface area contributed by atoms with Crippen molar-refractivity contribution < 1.29 is 13.5 Å². The predicted molar refractivity (Wildman–Crippen MR) is 98.7 cm³/mol. The van der Waals surface area contributed by atoms with Crippen LogP contribution in [0.25, 0.3) is 10.9 Å². The number of thiol groups is 1. The highest BCUT2D eigenvalue weighted by Crippen LogP contribution is 2.43. The van der Waals surface area contributed by atoms with Gasteiger partial charge in [-0.1, -0.05) is 29.8 Å². The topological polar surface area (TPSA) is 59.3 Å². The van der Waals surface area contributed by atoms with Crippen LogP contribution in [-0.2, 0) is 15.6 Å². The van der Waals surface area contributed by atoms with Crippen LogP contribution in [0.1, 0.15) is 12.6 Å². The zero-order valence-corrected chi connectivity index (χ0v) is 15.2. The highest BCUT2D eigenvalue weighted by molar-refractivity contribution is 8.22. The molecular weight excluding hydrogens is 354 g/mol. The minimum absolute atomic E-state index is 0.383. The maximum Gasteiger partial charge on any atom is 0.236 e. The number of para-hydroxylation sites is 1. The number of allylic oxidation sites excluding steroid dienone is 2. The molecule has 0 saturated carbocycles. The molecule has 1 aliphatic rings. The van der Waals surface area contributed by atoms with E-state index in [0.29, 0.717) is 22.0 Å². The first-order valence-electron chi connectivity index (χ1n) is 7.04. The summed E-state index contributed by atoms with van der Waals surface area (Å²) >= 11 is 5.96. The molecule has 23 heavy (non-hydrogen) atoms. The van der Waals surface area contributed by atoms with Gasteiger partial charge in [0.1, 0.15) is 5.60 Å². The predicted octanol–water partition coefficient (Wildman–Crippen LogP) is 3.27. The number of aliphatic hydroxyl groups is 1. The number of nitrogens with zero attached hydrogens (tertiary/aromatic N) is 1. The van der Waals surface area contributed by atoms with E-state index < -0.39 is 26.5 Å². The fourth-order valence-electron chi connectivity index (χ4n) is 2.81. The van der Waals surface area contributed by atoms with E-state index in [1.54, 1.807) is 25.1 Å². The van der Waals surface area contributed by atoms with Gasteiger partial charge in [-0.3, -0.25) is 0 Å². The lowest BCUT2D eigenvalue weighted by atomic mass is 10.1. The smallest absolute Gasteiger partial charge is 0.236 e. The number of halogens is 1. The van der Waals surface area contributed by atoms with Crippen LogP contribution in [0.5, 0.6) is 0 Å². The SMILES string of the molecule is CC(O)(C[SH]1C=CC(Cl)=C1)c1cc2ccccc2n1S(C)(=O)=O. The third kappa shape index (κ3) is 3.21. The minimum atomic E-state index is -3.54. The van der Waals surface area contributed by atoms with Crippen molar-refractivity contribution in [1.29, 1.82) is 0 Å². The maximum atomic E-state index is 12.3. The van der Waals surface area contributed by atoms with E-state index in [4.69, 9.17) is 11.6 Å². The molecule has 0 amide bonds. The summed E-state index contributed by atoms with van der Waals surface area (Å²) in [5.74, 6) is 0.418. The van der Waals surface area contributed by atoms with Gasteiger partial charge in [0.25, 0.3) is 0 Å². The number of hydrogen-bond donors (Lipinski definition) is 2. The van der Waals surface area contributed by atoms with Crippen molar-refractivity contribution in [3.8, 4) is 0 Å². The molecule has 1 aromatic heterocycles. The summed E-state index contributed by atoms with van der Waals surface area (Å²) in [5, 5.41) is 16.3. The number of aromatic nitrogens is 1. The molecule has 0 fully saturated rings. The van der Waals surface area contributed by atoms with Crippen molar-refractivity contribution in [2.45, 2.75) is 12.5 Å². The first-order valence-corrected chi connectivity index (χ1v) is 10.9. The van der Waals surface area contributed by atoms with Gasteiger partial charge in [-0.05, 0) is 35.9 Å². The van der Waals surface area contributed by atoms with Gasteiger partial charge in [-0.15, -0.1) is 0 Å². The lowest BCUT2D eigenvalue weighted by molar-refractivity contribution is 0.0786. The fraction of sp³-hybridized carbons (Fsp3) is 0.250. The summed E-state index contributed by atoms with van der Waals surface area (Å²) in [5.41, 5.74) is -0.321. The summed E-state index contributed by atoms with van der Waals surface area (Å²) in [6, 6.07) is 8.97. The van der Waals surface area contributed by atoms with Gasteiger partial charge in [0, 0.05) is 16.2 Å². The minimum Gasteiger partial charge on any atom is -0.383 e. The van der Waals surface area contributed by atoms with Crippen molar-refractivity contribution in [2.75, 3.05) is 12.0 Å². The van der Waals surface area contributed by atoms with Crippen LogP contribution in [0.3, 0.4) is 0 Å². The zero-order chi connectivity index (χ0) is 16.8. The van der Waals surface area contributed by atoms with Crippen molar-refractivity contribution >= 4 is 43.4 Å². The zero-order valence-electron chi connectivity index (χ0n) is 12.8. The average molecular weight is 372 g/mol. The van der Waals surface area contributed by atoms with Gasteiger partial charge in [-0.2, -0.15) is 0 Å². The Hall–Kier alpha value is -1.21. The summed E-state index contributed by atoms with van der Waals surface area (Å²) in [6.45, 7) is 1.65. The van der Waals surface area contributed by atoms with Gasteiger partial charge in [0.05, 0.1) is 17.5 Å². The Morgan fingerprint density at radius 3 is 2.65 bits per heavy atom. The van der Waals surface area contributed by atoms with Gasteiger partial charge in [0.15, 0.2) is 0 Å². The van der Waals surface area contributed by atoms with Crippen LogP contribution in [0.4, 0.5) is 0 Å². The van der Waals surface area contributed by atoms with Gasteiger partial charge >= 0.3 is 0 Å². The van der Waals surface area contributed by atoms with Crippen LogP contribution in [0, 0.1) is 0 Å². The van der Waals surface area contributed by atoms with Gasteiger partial charge in [-0.25, -0.2) is 23.3 Å². The van der Waals surface area contributed by atoms with Crippen molar-refractivity contribution in [1.82, 2.24) is 3.97 Å². The molecular formula is C16H18ClNO3S2. The molecule has 0 bridgehead atoms. The number of rotatable bonds is 4. The Labute approximate surface area is 143 Å². The highest BCUT2D eigenvalue weighted by Gasteiger charge is 2.32. The second kappa shape index (κ2) is 5.70. The van der Waals surface area contributed by atoms with Crippen LogP contribution in [0.2, 0.25) is 0 Å². The lowest BCUT2D eigenvalue weighted by Gasteiger charge is -2.28.